The molecule has 0 unspecified atom stereocenters. The van der Waals surface area contributed by atoms with Gasteiger partial charge in [0.05, 0.1) is 0 Å². The Kier molecular flexibility index (Phi) is 5.46. The van der Waals surface area contributed by atoms with Crippen LogP contribution >= 0.6 is 0 Å². The molecule has 0 aliphatic heterocycles. The molecule has 1 aliphatic rings. The van der Waals surface area contributed by atoms with Crippen LogP contribution in [0.4, 0.5) is 0 Å². The molecule has 0 spiro atoms. The van der Waals surface area contributed by atoms with E-state index in [1.54, 1.807) is 0 Å². The Labute approximate surface area is 125 Å². The molecule has 1 aromatic carbocycles. The van der Waals surface area contributed by atoms with Gasteiger partial charge in [-0.1, -0.05) is 69.0 Å². The van der Waals surface area contributed by atoms with Gasteiger partial charge in [0, 0.05) is 0 Å². The van der Waals surface area contributed by atoms with Crippen LogP contribution in [0.25, 0.3) is 0 Å². The van der Waals surface area contributed by atoms with Crippen molar-refractivity contribution in [2.75, 3.05) is 0 Å². The van der Waals surface area contributed by atoms with Gasteiger partial charge >= 0.3 is 0 Å². The largest absolute Gasteiger partial charge is 0.0993 e. The highest BCUT2D eigenvalue weighted by Gasteiger charge is 2.33. The van der Waals surface area contributed by atoms with Crippen molar-refractivity contribution < 1.29 is 0 Å². The molecule has 110 valence electrons. The van der Waals surface area contributed by atoms with Crippen LogP contribution in [0.2, 0.25) is 0 Å². The molecule has 0 bridgehead atoms. The summed E-state index contributed by atoms with van der Waals surface area (Å²) in [5.41, 5.74) is 4.92. The fourth-order valence-corrected chi connectivity index (χ4v) is 3.93. The lowest BCUT2D eigenvalue weighted by Crippen LogP contribution is -2.26. The zero-order valence-corrected chi connectivity index (χ0v) is 13.4. The molecule has 0 nitrogen and oxygen atoms in total. The van der Waals surface area contributed by atoms with E-state index in [1.165, 1.54) is 68.1 Å². The lowest BCUT2D eigenvalue weighted by molar-refractivity contribution is 0.214. The van der Waals surface area contributed by atoms with Crippen molar-refractivity contribution >= 4 is 0 Å². The van der Waals surface area contributed by atoms with Crippen LogP contribution in [-0.4, -0.2) is 0 Å². The molecule has 0 aromatic heterocycles. The highest BCUT2D eigenvalue weighted by atomic mass is 14.4. The number of benzene rings is 1. The maximum Gasteiger partial charge on any atom is -0.00907 e. The van der Waals surface area contributed by atoms with Crippen LogP contribution < -0.4 is 0 Å². The van der Waals surface area contributed by atoms with E-state index >= 15 is 0 Å². The van der Waals surface area contributed by atoms with Crippen molar-refractivity contribution in [2.24, 2.45) is 5.41 Å². The molecule has 0 heteroatoms. The van der Waals surface area contributed by atoms with E-state index in [-0.39, 0.29) is 0 Å². The molecule has 0 atom stereocenters. The van der Waals surface area contributed by atoms with Crippen molar-refractivity contribution in [3.05, 3.63) is 47.5 Å². The van der Waals surface area contributed by atoms with Crippen molar-refractivity contribution in [3.8, 4) is 0 Å². The SMILES string of the molecule is C=C(CCc1ccccc1C)C1(CCC)CCCCC1. The number of hydrogen-bond acceptors (Lipinski definition) is 0. The van der Waals surface area contributed by atoms with Crippen molar-refractivity contribution in [3.63, 3.8) is 0 Å². The first kappa shape index (κ1) is 15.4. The minimum atomic E-state index is 0.468. The smallest absolute Gasteiger partial charge is 0.00907 e. The maximum atomic E-state index is 4.51. The number of aryl methyl sites for hydroxylation is 2. The monoisotopic (exact) mass is 270 g/mol. The maximum absolute atomic E-state index is 4.51. The molecule has 0 N–H and O–H groups in total. The standard InChI is InChI=1S/C20H30/c1-4-14-20(15-8-5-9-16-20)18(3)12-13-19-11-7-6-10-17(19)2/h6-7,10-11H,3-5,8-9,12-16H2,1-2H3. The van der Waals surface area contributed by atoms with Gasteiger partial charge in [-0.05, 0) is 55.6 Å². The van der Waals surface area contributed by atoms with Gasteiger partial charge in [-0.15, -0.1) is 0 Å². The molecule has 0 amide bonds. The third-order valence-corrected chi connectivity index (χ3v) is 5.25. The first-order valence-electron chi connectivity index (χ1n) is 8.41. The van der Waals surface area contributed by atoms with Gasteiger partial charge in [0.15, 0.2) is 0 Å². The molecular weight excluding hydrogens is 240 g/mol. The number of hydrogen-bond donors (Lipinski definition) is 0. The summed E-state index contributed by atoms with van der Waals surface area (Å²) < 4.78 is 0. The average molecular weight is 270 g/mol. The quantitative estimate of drug-likeness (QED) is 0.537. The summed E-state index contributed by atoms with van der Waals surface area (Å²) in [6.07, 6.45) is 12.0. The van der Waals surface area contributed by atoms with E-state index in [4.69, 9.17) is 0 Å². The van der Waals surface area contributed by atoms with Gasteiger partial charge in [0.2, 0.25) is 0 Å². The summed E-state index contributed by atoms with van der Waals surface area (Å²) in [4.78, 5) is 0. The highest BCUT2D eigenvalue weighted by molar-refractivity contribution is 5.27. The van der Waals surface area contributed by atoms with Gasteiger partial charge in [-0.3, -0.25) is 0 Å². The lowest BCUT2D eigenvalue weighted by Gasteiger charge is -2.39. The second kappa shape index (κ2) is 7.11. The summed E-state index contributed by atoms with van der Waals surface area (Å²) >= 11 is 0. The zero-order chi connectivity index (χ0) is 14.4. The highest BCUT2D eigenvalue weighted by Crippen LogP contribution is 2.46. The van der Waals surface area contributed by atoms with Crippen LogP contribution in [-0.2, 0) is 6.42 Å². The van der Waals surface area contributed by atoms with Gasteiger partial charge in [-0.25, -0.2) is 0 Å². The van der Waals surface area contributed by atoms with Gasteiger partial charge in [0.25, 0.3) is 0 Å². The number of allylic oxidation sites excluding steroid dienone is 1. The second-order valence-electron chi connectivity index (χ2n) is 6.62. The van der Waals surface area contributed by atoms with Crippen molar-refractivity contribution in [1.29, 1.82) is 0 Å². The molecule has 1 aromatic rings. The minimum absolute atomic E-state index is 0.468. The average Bonchev–Trinajstić information content (AvgIpc) is 2.47. The Morgan fingerprint density at radius 2 is 1.85 bits per heavy atom. The first-order chi connectivity index (χ1) is 9.68. The summed E-state index contributed by atoms with van der Waals surface area (Å²) in [6, 6.07) is 8.79. The van der Waals surface area contributed by atoms with Crippen LogP contribution in [0.5, 0.6) is 0 Å². The molecule has 2 rings (SSSR count). The first-order valence-corrected chi connectivity index (χ1v) is 8.41. The van der Waals surface area contributed by atoms with Gasteiger partial charge in [-0.2, -0.15) is 0 Å². The fraction of sp³-hybridized carbons (Fsp3) is 0.600. The predicted molar refractivity (Wildman–Crippen MR) is 89.1 cm³/mol. The topological polar surface area (TPSA) is 0 Å². The third kappa shape index (κ3) is 3.53. The zero-order valence-electron chi connectivity index (χ0n) is 13.4. The molecule has 0 saturated heterocycles. The minimum Gasteiger partial charge on any atom is -0.0993 e. The molecule has 0 heterocycles. The Morgan fingerprint density at radius 3 is 2.50 bits per heavy atom. The summed E-state index contributed by atoms with van der Waals surface area (Å²) in [6.45, 7) is 9.06. The van der Waals surface area contributed by atoms with Crippen molar-refractivity contribution in [2.45, 2.75) is 71.6 Å². The van der Waals surface area contributed by atoms with Gasteiger partial charge in [0.1, 0.15) is 0 Å². The summed E-state index contributed by atoms with van der Waals surface area (Å²) in [5, 5.41) is 0. The Balaban J connectivity index is 2.00. The van der Waals surface area contributed by atoms with E-state index < -0.39 is 0 Å². The van der Waals surface area contributed by atoms with E-state index in [0.29, 0.717) is 5.41 Å². The van der Waals surface area contributed by atoms with E-state index in [0.717, 1.165) is 6.42 Å². The molecule has 20 heavy (non-hydrogen) atoms. The normalized spacial score (nSPS) is 17.9. The predicted octanol–water partition coefficient (Wildman–Crippen LogP) is 6.23. The molecule has 1 saturated carbocycles. The van der Waals surface area contributed by atoms with E-state index in [1.807, 2.05) is 0 Å². The van der Waals surface area contributed by atoms with Crippen LogP contribution in [0.15, 0.2) is 36.4 Å². The molecule has 1 fully saturated rings. The Bertz CT molecular complexity index is 430. The lowest BCUT2D eigenvalue weighted by atomic mass is 9.66. The Hall–Kier alpha value is -1.04. The summed E-state index contributed by atoms with van der Waals surface area (Å²) in [5.74, 6) is 0. The Morgan fingerprint density at radius 1 is 1.15 bits per heavy atom. The second-order valence-corrected chi connectivity index (χ2v) is 6.62. The van der Waals surface area contributed by atoms with E-state index in [9.17, 15) is 0 Å². The summed E-state index contributed by atoms with van der Waals surface area (Å²) in [7, 11) is 0. The van der Waals surface area contributed by atoms with Crippen LogP contribution in [0.1, 0.15) is 69.4 Å². The molecular formula is C20H30. The fourth-order valence-electron chi connectivity index (χ4n) is 3.93. The third-order valence-electron chi connectivity index (χ3n) is 5.25. The van der Waals surface area contributed by atoms with E-state index in [2.05, 4.69) is 44.7 Å². The number of rotatable bonds is 6. The van der Waals surface area contributed by atoms with Crippen molar-refractivity contribution in [1.82, 2.24) is 0 Å². The van der Waals surface area contributed by atoms with Crippen LogP contribution in [0.3, 0.4) is 0 Å². The molecule has 0 radical (unpaired) electrons. The van der Waals surface area contributed by atoms with Gasteiger partial charge < -0.3 is 0 Å². The molecule has 1 aliphatic carbocycles. The van der Waals surface area contributed by atoms with Crippen LogP contribution in [0, 0.1) is 12.3 Å².